The zero-order valence-electron chi connectivity index (χ0n) is 17.7. The molecule has 0 aliphatic heterocycles. The smallest absolute Gasteiger partial charge is 0.256 e. The van der Waals surface area contributed by atoms with Crippen LogP contribution >= 0.6 is 0 Å². The Balaban J connectivity index is 1.37. The molecule has 1 aromatic heterocycles. The molecule has 0 radical (unpaired) electrons. The first-order valence-electron chi connectivity index (χ1n) is 11.5. The number of carbonyl (C=O) groups is 2. The molecule has 6 nitrogen and oxygen atoms in total. The number of aromatic nitrogens is 1. The predicted molar refractivity (Wildman–Crippen MR) is 114 cm³/mol. The second-order valence-corrected chi connectivity index (χ2v) is 9.69. The van der Waals surface area contributed by atoms with Gasteiger partial charge in [-0.1, -0.05) is 31.4 Å². The van der Waals surface area contributed by atoms with Gasteiger partial charge in [0.15, 0.2) is 0 Å². The van der Waals surface area contributed by atoms with Crippen molar-refractivity contribution in [2.75, 3.05) is 13.6 Å². The Hall–Kier alpha value is -2.37. The number of pyridine rings is 1. The molecule has 3 saturated carbocycles. The first kappa shape index (κ1) is 19.6. The fraction of sp³-hybridized carbons (Fsp3) is 0.625. The SMILES string of the molecule is CNC(=O)c1cn(C2CCCCC2)cc(C(=O)NC[C@H]2C[C@@H]3C=C[C@@H]2C32CC2)c1=O. The van der Waals surface area contributed by atoms with E-state index in [2.05, 4.69) is 22.8 Å². The van der Waals surface area contributed by atoms with Crippen molar-refractivity contribution in [2.24, 2.45) is 23.2 Å². The van der Waals surface area contributed by atoms with Crippen LogP contribution in [0.3, 0.4) is 0 Å². The van der Waals surface area contributed by atoms with Gasteiger partial charge >= 0.3 is 0 Å². The van der Waals surface area contributed by atoms with Gasteiger partial charge in [0, 0.05) is 32.0 Å². The lowest BCUT2D eigenvalue weighted by Gasteiger charge is -2.26. The summed E-state index contributed by atoms with van der Waals surface area (Å²) in [6.07, 6.45) is 17.3. The average molecular weight is 410 g/mol. The number of hydrogen-bond acceptors (Lipinski definition) is 3. The summed E-state index contributed by atoms with van der Waals surface area (Å²) in [7, 11) is 1.51. The summed E-state index contributed by atoms with van der Waals surface area (Å²) in [5.41, 5.74) is 0.143. The third kappa shape index (κ3) is 3.12. The maximum atomic E-state index is 13.0. The van der Waals surface area contributed by atoms with Gasteiger partial charge in [0.25, 0.3) is 11.8 Å². The van der Waals surface area contributed by atoms with Crippen molar-refractivity contribution in [1.82, 2.24) is 15.2 Å². The second kappa shape index (κ2) is 7.40. The lowest BCUT2D eigenvalue weighted by Crippen LogP contribution is -2.37. The van der Waals surface area contributed by atoms with Gasteiger partial charge in [-0.05, 0) is 55.3 Å². The Labute approximate surface area is 177 Å². The minimum absolute atomic E-state index is 0.0514. The number of nitrogens with one attached hydrogen (secondary N) is 2. The van der Waals surface area contributed by atoms with Crippen molar-refractivity contribution in [3.8, 4) is 0 Å². The van der Waals surface area contributed by atoms with Crippen LogP contribution in [-0.4, -0.2) is 30.0 Å². The maximum absolute atomic E-state index is 13.0. The van der Waals surface area contributed by atoms with E-state index in [1.165, 1.54) is 26.3 Å². The van der Waals surface area contributed by atoms with E-state index in [4.69, 9.17) is 0 Å². The molecule has 2 bridgehead atoms. The summed E-state index contributed by atoms with van der Waals surface area (Å²) in [5, 5.41) is 5.57. The molecule has 160 valence electrons. The molecular formula is C24H31N3O3. The van der Waals surface area contributed by atoms with Crippen LogP contribution in [0.25, 0.3) is 0 Å². The van der Waals surface area contributed by atoms with E-state index in [0.717, 1.165) is 32.1 Å². The van der Waals surface area contributed by atoms with Crippen LogP contribution in [0.1, 0.15) is 78.1 Å². The van der Waals surface area contributed by atoms with Crippen molar-refractivity contribution >= 4 is 11.8 Å². The number of nitrogens with zero attached hydrogens (tertiary/aromatic N) is 1. The first-order valence-corrected chi connectivity index (χ1v) is 11.5. The molecule has 6 heteroatoms. The standard InChI is InChI=1S/C24H31N3O3/c1-25-22(29)18-13-27(17-5-3-2-4-6-17)14-19(21(18)28)23(30)26-12-15-11-16-7-8-20(15)24(16)9-10-24/h7-8,13-17,20H,2-6,9-12H2,1H3,(H,25,29)(H,26,30)/t15-,16+,20+/m1/s1. The quantitative estimate of drug-likeness (QED) is 0.734. The summed E-state index contributed by atoms with van der Waals surface area (Å²) >= 11 is 0. The lowest BCUT2D eigenvalue weighted by atomic mass is 9.89. The van der Waals surface area contributed by atoms with E-state index in [0.29, 0.717) is 29.7 Å². The molecule has 1 heterocycles. The summed E-state index contributed by atoms with van der Waals surface area (Å²) < 4.78 is 1.93. The van der Waals surface area contributed by atoms with E-state index in [1.807, 2.05) is 4.57 Å². The number of rotatable bonds is 5. The van der Waals surface area contributed by atoms with Crippen LogP contribution in [0.2, 0.25) is 0 Å². The predicted octanol–water partition coefficient (Wildman–Crippen LogP) is 3.05. The molecular weight excluding hydrogens is 378 g/mol. The minimum atomic E-state index is -0.481. The van der Waals surface area contributed by atoms with Crippen molar-refractivity contribution in [3.63, 3.8) is 0 Å². The number of allylic oxidation sites excluding steroid dienone is 2. The van der Waals surface area contributed by atoms with Gasteiger partial charge in [-0.15, -0.1) is 0 Å². The monoisotopic (exact) mass is 409 g/mol. The number of amides is 2. The largest absolute Gasteiger partial charge is 0.355 e. The Bertz CT molecular complexity index is 953. The number of hydrogen-bond donors (Lipinski definition) is 2. The van der Waals surface area contributed by atoms with Crippen LogP contribution in [0, 0.1) is 23.2 Å². The van der Waals surface area contributed by atoms with E-state index in [9.17, 15) is 14.4 Å². The maximum Gasteiger partial charge on any atom is 0.256 e. The summed E-state index contributed by atoms with van der Waals surface area (Å²) in [4.78, 5) is 38.3. The number of carbonyl (C=O) groups excluding carboxylic acids is 2. The summed E-state index contributed by atoms with van der Waals surface area (Å²) in [5.74, 6) is 0.901. The van der Waals surface area contributed by atoms with Crippen LogP contribution in [-0.2, 0) is 0 Å². The van der Waals surface area contributed by atoms with E-state index < -0.39 is 11.3 Å². The van der Waals surface area contributed by atoms with Gasteiger partial charge in [0.1, 0.15) is 11.1 Å². The fourth-order valence-corrected chi connectivity index (χ4v) is 6.32. The Morgan fingerprint density at radius 1 is 1.07 bits per heavy atom. The molecule has 30 heavy (non-hydrogen) atoms. The van der Waals surface area contributed by atoms with Gasteiger partial charge < -0.3 is 15.2 Å². The minimum Gasteiger partial charge on any atom is -0.355 e. The third-order valence-electron chi connectivity index (χ3n) is 8.13. The van der Waals surface area contributed by atoms with Crippen LogP contribution in [0.5, 0.6) is 0 Å². The van der Waals surface area contributed by atoms with E-state index in [-0.39, 0.29) is 23.1 Å². The van der Waals surface area contributed by atoms with Crippen molar-refractivity contribution in [1.29, 1.82) is 0 Å². The molecule has 4 aliphatic carbocycles. The third-order valence-corrected chi connectivity index (χ3v) is 8.13. The second-order valence-electron chi connectivity index (χ2n) is 9.69. The molecule has 0 saturated heterocycles. The highest BCUT2D eigenvalue weighted by atomic mass is 16.2. The molecule has 0 unspecified atom stereocenters. The average Bonchev–Trinajstić information content (AvgIpc) is 3.45. The van der Waals surface area contributed by atoms with Gasteiger partial charge in [-0.25, -0.2) is 0 Å². The van der Waals surface area contributed by atoms with Gasteiger partial charge in [0.2, 0.25) is 5.43 Å². The first-order chi connectivity index (χ1) is 14.5. The Kier molecular flexibility index (Phi) is 4.83. The van der Waals surface area contributed by atoms with Crippen molar-refractivity contribution < 1.29 is 9.59 Å². The normalized spacial score (nSPS) is 28.6. The van der Waals surface area contributed by atoms with Gasteiger partial charge in [-0.3, -0.25) is 14.4 Å². The highest BCUT2D eigenvalue weighted by Gasteiger charge is 2.62. The van der Waals surface area contributed by atoms with Crippen molar-refractivity contribution in [2.45, 2.75) is 57.4 Å². The van der Waals surface area contributed by atoms with Gasteiger partial charge in [0.05, 0.1) is 0 Å². The van der Waals surface area contributed by atoms with Crippen LogP contribution in [0.15, 0.2) is 29.3 Å². The fourth-order valence-electron chi connectivity index (χ4n) is 6.32. The molecule has 1 spiro atoms. The van der Waals surface area contributed by atoms with E-state index >= 15 is 0 Å². The zero-order valence-corrected chi connectivity index (χ0v) is 17.7. The highest BCUT2D eigenvalue weighted by molar-refractivity contribution is 5.99. The van der Waals surface area contributed by atoms with E-state index in [1.54, 1.807) is 12.4 Å². The van der Waals surface area contributed by atoms with Gasteiger partial charge in [-0.2, -0.15) is 0 Å². The molecule has 0 aromatic carbocycles. The van der Waals surface area contributed by atoms with Crippen molar-refractivity contribution in [3.05, 3.63) is 45.9 Å². The molecule has 3 atom stereocenters. The molecule has 5 rings (SSSR count). The summed E-state index contributed by atoms with van der Waals surface area (Å²) in [6, 6.07) is 0.236. The topological polar surface area (TPSA) is 80.2 Å². The molecule has 3 fully saturated rings. The zero-order chi connectivity index (χ0) is 20.9. The lowest BCUT2D eigenvalue weighted by molar-refractivity contribution is 0.0941. The highest BCUT2D eigenvalue weighted by Crippen LogP contribution is 2.69. The van der Waals surface area contributed by atoms with Crippen LogP contribution in [0.4, 0.5) is 0 Å². The summed E-state index contributed by atoms with van der Waals surface area (Å²) in [6.45, 7) is 0.596. The molecule has 2 amide bonds. The molecule has 4 aliphatic rings. The molecule has 1 aromatic rings. The molecule has 2 N–H and O–H groups in total. The van der Waals surface area contributed by atoms with Crippen LogP contribution < -0.4 is 16.1 Å². The Morgan fingerprint density at radius 3 is 2.40 bits per heavy atom. The Morgan fingerprint density at radius 2 is 1.77 bits per heavy atom.